The van der Waals surface area contributed by atoms with Crippen molar-refractivity contribution in [3.05, 3.63) is 11.6 Å². The van der Waals surface area contributed by atoms with E-state index in [1.165, 1.54) is 12.8 Å². The molecular formula is C10H18N4O. The third-order valence-corrected chi connectivity index (χ3v) is 2.95. The van der Waals surface area contributed by atoms with Gasteiger partial charge in [0.25, 0.3) is 0 Å². The van der Waals surface area contributed by atoms with Crippen molar-refractivity contribution < 1.29 is 4.74 Å². The molecule has 0 amide bonds. The molecule has 2 rings (SSSR count). The van der Waals surface area contributed by atoms with Crippen LogP contribution in [0, 0.1) is 0 Å². The van der Waals surface area contributed by atoms with Gasteiger partial charge in [-0.1, -0.05) is 0 Å². The fraction of sp³-hybridized carbons (Fsp3) is 0.800. The Balaban J connectivity index is 1.89. The highest BCUT2D eigenvalue weighted by Crippen LogP contribution is 2.17. The Hall–Kier alpha value is -0.940. The first-order valence-corrected chi connectivity index (χ1v) is 5.50. The molecule has 0 spiro atoms. The molecule has 5 heteroatoms. The van der Waals surface area contributed by atoms with Crippen LogP contribution >= 0.6 is 0 Å². The van der Waals surface area contributed by atoms with Gasteiger partial charge in [-0.25, -0.2) is 0 Å². The van der Waals surface area contributed by atoms with Gasteiger partial charge < -0.3 is 15.0 Å². The predicted octanol–water partition coefficient (Wildman–Crippen LogP) is 0.385. The molecule has 0 aliphatic carbocycles. The number of aryl methyl sites for hydroxylation is 1. The molecule has 2 N–H and O–H groups in total. The topological polar surface area (TPSA) is 66.0 Å². The van der Waals surface area contributed by atoms with Crippen molar-refractivity contribution in [3.63, 3.8) is 0 Å². The van der Waals surface area contributed by atoms with Crippen molar-refractivity contribution in [2.75, 3.05) is 6.61 Å². The maximum Gasteiger partial charge on any atom is 0.146 e. The van der Waals surface area contributed by atoms with Crippen LogP contribution in [-0.2, 0) is 24.8 Å². The highest BCUT2D eigenvalue weighted by molar-refractivity contribution is 4.94. The quantitative estimate of drug-likeness (QED) is 0.780. The lowest BCUT2D eigenvalue weighted by Gasteiger charge is -2.08. The van der Waals surface area contributed by atoms with Gasteiger partial charge in [-0.15, -0.1) is 10.2 Å². The Morgan fingerprint density at radius 1 is 1.47 bits per heavy atom. The second-order valence-corrected chi connectivity index (χ2v) is 3.97. The maximum absolute atomic E-state index is 5.57. The Morgan fingerprint density at radius 2 is 2.27 bits per heavy atom. The van der Waals surface area contributed by atoms with Crippen molar-refractivity contribution >= 4 is 0 Å². The number of hydrogen-bond donors (Lipinski definition) is 1. The van der Waals surface area contributed by atoms with Gasteiger partial charge in [-0.05, 0) is 19.3 Å². The van der Waals surface area contributed by atoms with Gasteiger partial charge in [0, 0.05) is 20.1 Å². The third-order valence-electron chi connectivity index (χ3n) is 2.95. The Bertz CT molecular complexity index is 317. The molecule has 1 saturated heterocycles. The van der Waals surface area contributed by atoms with Crippen molar-refractivity contribution in [2.45, 2.75) is 38.3 Å². The van der Waals surface area contributed by atoms with Gasteiger partial charge in [0.15, 0.2) is 0 Å². The SMILES string of the molecule is Cn1c(CN)nnc1CCC1CCCO1. The molecule has 1 unspecified atom stereocenters. The maximum atomic E-state index is 5.57. The summed E-state index contributed by atoms with van der Waals surface area (Å²) in [6, 6.07) is 0. The van der Waals surface area contributed by atoms with Crippen LogP contribution < -0.4 is 5.73 Å². The van der Waals surface area contributed by atoms with Crippen molar-refractivity contribution in [3.8, 4) is 0 Å². The lowest BCUT2D eigenvalue weighted by atomic mass is 10.1. The molecule has 0 saturated carbocycles. The number of ether oxygens (including phenoxy) is 1. The summed E-state index contributed by atoms with van der Waals surface area (Å²) in [5.41, 5.74) is 5.53. The normalized spacial score (nSPS) is 21.1. The lowest BCUT2D eigenvalue weighted by Crippen LogP contribution is -2.10. The molecule has 1 aliphatic rings. The van der Waals surface area contributed by atoms with Crippen LogP contribution in [0.15, 0.2) is 0 Å². The molecule has 1 aromatic heterocycles. The Kier molecular flexibility index (Phi) is 3.33. The van der Waals surface area contributed by atoms with Crippen LogP contribution in [0.1, 0.15) is 30.9 Å². The van der Waals surface area contributed by atoms with Crippen LogP contribution in [0.4, 0.5) is 0 Å². The van der Waals surface area contributed by atoms with E-state index < -0.39 is 0 Å². The molecule has 84 valence electrons. The van der Waals surface area contributed by atoms with Gasteiger partial charge in [0.2, 0.25) is 0 Å². The zero-order valence-electron chi connectivity index (χ0n) is 9.15. The number of rotatable bonds is 4. The van der Waals surface area contributed by atoms with E-state index >= 15 is 0 Å². The largest absolute Gasteiger partial charge is 0.378 e. The van der Waals surface area contributed by atoms with Crippen LogP contribution in [0.3, 0.4) is 0 Å². The molecule has 1 aliphatic heterocycles. The van der Waals surface area contributed by atoms with Crippen LogP contribution in [0.25, 0.3) is 0 Å². The Labute approximate surface area is 89.6 Å². The second-order valence-electron chi connectivity index (χ2n) is 3.97. The van der Waals surface area contributed by atoms with E-state index in [1.807, 2.05) is 11.6 Å². The van der Waals surface area contributed by atoms with Crippen molar-refractivity contribution in [1.82, 2.24) is 14.8 Å². The van der Waals surface area contributed by atoms with E-state index in [-0.39, 0.29) is 0 Å². The van der Waals surface area contributed by atoms with Gasteiger partial charge in [-0.2, -0.15) is 0 Å². The first-order valence-electron chi connectivity index (χ1n) is 5.50. The molecule has 2 heterocycles. The minimum absolute atomic E-state index is 0.419. The minimum atomic E-state index is 0.419. The molecule has 0 bridgehead atoms. The van der Waals surface area contributed by atoms with E-state index in [0.717, 1.165) is 31.1 Å². The molecule has 5 nitrogen and oxygen atoms in total. The highest BCUT2D eigenvalue weighted by Gasteiger charge is 2.16. The summed E-state index contributed by atoms with van der Waals surface area (Å²) in [6.07, 6.45) is 4.76. The van der Waals surface area contributed by atoms with Crippen LogP contribution in [0.2, 0.25) is 0 Å². The lowest BCUT2D eigenvalue weighted by molar-refractivity contribution is 0.104. The summed E-state index contributed by atoms with van der Waals surface area (Å²) in [5.74, 6) is 1.85. The number of nitrogens with two attached hydrogens (primary N) is 1. The van der Waals surface area contributed by atoms with Crippen molar-refractivity contribution in [2.24, 2.45) is 12.8 Å². The predicted molar refractivity (Wildman–Crippen MR) is 56.2 cm³/mol. The first kappa shape index (κ1) is 10.6. The van der Waals surface area contributed by atoms with Crippen LogP contribution in [0.5, 0.6) is 0 Å². The second kappa shape index (κ2) is 4.72. The number of nitrogens with zero attached hydrogens (tertiary/aromatic N) is 3. The van der Waals surface area contributed by atoms with E-state index in [4.69, 9.17) is 10.5 Å². The van der Waals surface area contributed by atoms with Gasteiger partial charge in [0.1, 0.15) is 11.6 Å². The standard InChI is InChI=1S/C10H18N4O/c1-14-9(12-13-10(14)7-11)5-4-8-3-2-6-15-8/h8H,2-7,11H2,1H3. The summed E-state index contributed by atoms with van der Waals surface area (Å²) in [5, 5.41) is 8.15. The smallest absolute Gasteiger partial charge is 0.146 e. The zero-order valence-corrected chi connectivity index (χ0v) is 9.15. The molecule has 15 heavy (non-hydrogen) atoms. The monoisotopic (exact) mass is 210 g/mol. The molecule has 1 atom stereocenters. The summed E-state index contributed by atoms with van der Waals surface area (Å²) in [4.78, 5) is 0. The summed E-state index contributed by atoms with van der Waals surface area (Å²) < 4.78 is 7.55. The number of aromatic nitrogens is 3. The van der Waals surface area contributed by atoms with Gasteiger partial charge in [0.05, 0.1) is 12.6 Å². The fourth-order valence-corrected chi connectivity index (χ4v) is 1.96. The molecule has 1 aromatic rings. The van der Waals surface area contributed by atoms with E-state index in [9.17, 15) is 0 Å². The van der Waals surface area contributed by atoms with Crippen LogP contribution in [-0.4, -0.2) is 27.5 Å². The minimum Gasteiger partial charge on any atom is -0.378 e. The first-order chi connectivity index (χ1) is 7.31. The van der Waals surface area contributed by atoms with E-state index in [1.54, 1.807) is 0 Å². The summed E-state index contributed by atoms with van der Waals surface area (Å²) >= 11 is 0. The summed E-state index contributed by atoms with van der Waals surface area (Å²) in [6.45, 7) is 1.36. The molecule has 1 fully saturated rings. The van der Waals surface area contributed by atoms with E-state index in [0.29, 0.717) is 12.6 Å². The molecular weight excluding hydrogens is 192 g/mol. The summed E-state index contributed by atoms with van der Waals surface area (Å²) in [7, 11) is 1.97. The average Bonchev–Trinajstić information content (AvgIpc) is 2.85. The third kappa shape index (κ3) is 2.35. The average molecular weight is 210 g/mol. The molecule has 0 radical (unpaired) electrons. The van der Waals surface area contributed by atoms with Gasteiger partial charge in [-0.3, -0.25) is 0 Å². The zero-order chi connectivity index (χ0) is 10.7. The fourth-order valence-electron chi connectivity index (χ4n) is 1.96. The Morgan fingerprint density at radius 3 is 2.87 bits per heavy atom. The molecule has 0 aromatic carbocycles. The van der Waals surface area contributed by atoms with Crippen molar-refractivity contribution in [1.29, 1.82) is 0 Å². The van der Waals surface area contributed by atoms with Gasteiger partial charge >= 0.3 is 0 Å². The van der Waals surface area contributed by atoms with E-state index in [2.05, 4.69) is 10.2 Å². The number of hydrogen-bond acceptors (Lipinski definition) is 4. The highest BCUT2D eigenvalue weighted by atomic mass is 16.5.